The van der Waals surface area contributed by atoms with Crippen LogP contribution in [0.25, 0.3) is 0 Å². The number of hydrogen-bond acceptors (Lipinski definition) is 4. The number of benzene rings is 1. The zero-order valence-electron chi connectivity index (χ0n) is 12.9. The molecular formula is C15H24N2O2S2. The first-order valence-corrected chi connectivity index (χ1v) is 8.94. The van der Waals surface area contributed by atoms with Crippen LogP contribution in [0.15, 0.2) is 18.2 Å². The standard InChI is InChI=1S/C15H24N2O2S2/c1-4-18-13-8-7-12(11-14(13)19-5-2)17-15(20)16-9-6-10-21-3/h7-8,11H,4-6,9-10H2,1-3H3,(H2,16,17,20). The van der Waals surface area contributed by atoms with Gasteiger partial charge in [0.2, 0.25) is 0 Å². The Morgan fingerprint density at radius 3 is 2.57 bits per heavy atom. The molecule has 0 aliphatic heterocycles. The van der Waals surface area contributed by atoms with Gasteiger partial charge in [-0.1, -0.05) is 0 Å². The molecule has 6 heteroatoms. The second kappa shape index (κ2) is 10.6. The molecule has 21 heavy (non-hydrogen) atoms. The topological polar surface area (TPSA) is 42.5 Å². The van der Waals surface area contributed by atoms with E-state index in [9.17, 15) is 0 Å². The fraction of sp³-hybridized carbons (Fsp3) is 0.533. The monoisotopic (exact) mass is 328 g/mol. The first-order valence-electron chi connectivity index (χ1n) is 7.14. The van der Waals surface area contributed by atoms with Gasteiger partial charge in [-0.05, 0) is 56.6 Å². The molecule has 0 bridgehead atoms. The normalized spacial score (nSPS) is 10.0. The van der Waals surface area contributed by atoms with E-state index in [4.69, 9.17) is 21.7 Å². The highest BCUT2D eigenvalue weighted by atomic mass is 32.2. The van der Waals surface area contributed by atoms with E-state index < -0.39 is 0 Å². The van der Waals surface area contributed by atoms with Crippen molar-refractivity contribution in [3.05, 3.63) is 18.2 Å². The molecule has 0 radical (unpaired) electrons. The van der Waals surface area contributed by atoms with Crippen LogP contribution < -0.4 is 20.1 Å². The number of thiocarbonyl (C=S) groups is 1. The van der Waals surface area contributed by atoms with E-state index in [0.29, 0.717) is 18.3 Å². The van der Waals surface area contributed by atoms with Crippen LogP contribution in [0.3, 0.4) is 0 Å². The summed E-state index contributed by atoms with van der Waals surface area (Å²) in [6, 6.07) is 5.74. The van der Waals surface area contributed by atoms with Crippen LogP contribution in [-0.4, -0.2) is 36.9 Å². The molecule has 0 fully saturated rings. The van der Waals surface area contributed by atoms with Gasteiger partial charge in [0.15, 0.2) is 16.6 Å². The number of anilines is 1. The average molecular weight is 329 g/mol. The maximum atomic E-state index is 5.59. The summed E-state index contributed by atoms with van der Waals surface area (Å²) in [6.45, 7) is 5.99. The van der Waals surface area contributed by atoms with Gasteiger partial charge >= 0.3 is 0 Å². The summed E-state index contributed by atoms with van der Waals surface area (Å²) < 4.78 is 11.1. The molecule has 118 valence electrons. The highest BCUT2D eigenvalue weighted by Gasteiger charge is 2.07. The molecule has 0 heterocycles. The van der Waals surface area contributed by atoms with Gasteiger partial charge in [0.25, 0.3) is 0 Å². The van der Waals surface area contributed by atoms with Crippen molar-refractivity contribution in [1.82, 2.24) is 5.32 Å². The predicted octanol–water partition coefficient (Wildman–Crippen LogP) is 3.52. The molecule has 2 N–H and O–H groups in total. The molecule has 0 aliphatic rings. The lowest BCUT2D eigenvalue weighted by atomic mass is 10.2. The zero-order valence-corrected chi connectivity index (χ0v) is 14.5. The van der Waals surface area contributed by atoms with Crippen LogP contribution in [0.2, 0.25) is 0 Å². The van der Waals surface area contributed by atoms with E-state index in [-0.39, 0.29) is 0 Å². The Balaban J connectivity index is 2.58. The van der Waals surface area contributed by atoms with Gasteiger partial charge in [0, 0.05) is 18.3 Å². The fourth-order valence-electron chi connectivity index (χ4n) is 1.72. The largest absolute Gasteiger partial charge is 0.490 e. The fourth-order valence-corrected chi connectivity index (χ4v) is 2.38. The summed E-state index contributed by atoms with van der Waals surface area (Å²) in [4.78, 5) is 0. The van der Waals surface area contributed by atoms with Crippen LogP contribution in [-0.2, 0) is 0 Å². The molecule has 0 spiro atoms. The maximum Gasteiger partial charge on any atom is 0.170 e. The van der Waals surface area contributed by atoms with E-state index in [1.165, 1.54) is 0 Å². The number of ether oxygens (including phenoxy) is 2. The van der Waals surface area contributed by atoms with Gasteiger partial charge in [0.1, 0.15) is 0 Å². The van der Waals surface area contributed by atoms with Gasteiger partial charge in [0.05, 0.1) is 13.2 Å². The summed E-state index contributed by atoms with van der Waals surface area (Å²) in [5, 5.41) is 6.98. The summed E-state index contributed by atoms with van der Waals surface area (Å²) in [7, 11) is 0. The second-order valence-corrected chi connectivity index (χ2v) is 5.65. The SMILES string of the molecule is CCOc1ccc(NC(=S)NCCCSC)cc1OCC. The Bertz CT molecular complexity index is 442. The van der Waals surface area contributed by atoms with Gasteiger partial charge < -0.3 is 20.1 Å². The molecule has 4 nitrogen and oxygen atoms in total. The van der Waals surface area contributed by atoms with Crippen molar-refractivity contribution in [1.29, 1.82) is 0 Å². The molecular weight excluding hydrogens is 304 g/mol. The lowest BCUT2D eigenvalue weighted by molar-refractivity contribution is 0.288. The minimum atomic E-state index is 0.598. The van der Waals surface area contributed by atoms with Crippen LogP contribution in [0.4, 0.5) is 5.69 Å². The quantitative estimate of drug-likeness (QED) is 0.534. The third kappa shape index (κ3) is 6.91. The lowest BCUT2D eigenvalue weighted by Gasteiger charge is -2.14. The Labute approximate surface area is 137 Å². The van der Waals surface area contributed by atoms with Crippen molar-refractivity contribution < 1.29 is 9.47 Å². The summed E-state index contributed by atoms with van der Waals surface area (Å²) in [5.74, 6) is 2.62. The first-order chi connectivity index (χ1) is 10.2. The molecule has 0 saturated carbocycles. The van der Waals surface area contributed by atoms with Crippen LogP contribution in [0.1, 0.15) is 20.3 Å². The maximum absolute atomic E-state index is 5.59. The van der Waals surface area contributed by atoms with Crippen molar-refractivity contribution in [3.63, 3.8) is 0 Å². The van der Waals surface area contributed by atoms with Gasteiger partial charge in [-0.3, -0.25) is 0 Å². The highest BCUT2D eigenvalue weighted by Crippen LogP contribution is 2.30. The number of rotatable bonds is 9. The highest BCUT2D eigenvalue weighted by molar-refractivity contribution is 7.98. The van der Waals surface area contributed by atoms with Crippen LogP contribution in [0.5, 0.6) is 11.5 Å². The summed E-state index contributed by atoms with van der Waals surface area (Å²) in [6.07, 6.45) is 3.20. The summed E-state index contributed by atoms with van der Waals surface area (Å²) >= 11 is 7.11. The Morgan fingerprint density at radius 2 is 1.90 bits per heavy atom. The number of nitrogens with one attached hydrogen (secondary N) is 2. The summed E-state index contributed by atoms with van der Waals surface area (Å²) in [5.41, 5.74) is 0.893. The minimum absolute atomic E-state index is 0.598. The van der Waals surface area contributed by atoms with Crippen LogP contribution in [0, 0.1) is 0 Å². The molecule has 1 aromatic rings. The van der Waals surface area contributed by atoms with Crippen molar-refractivity contribution in [2.45, 2.75) is 20.3 Å². The molecule has 0 aliphatic carbocycles. The van der Waals surface area contributed by atoms with Gasteiger partial charge in [-0.2, -0.15) is 11.8 Å². The average Bonchev–Trinajstić information content (AvgIpc) is 2.47. The first kappa shape index (κ1) is 17.9. The molecule has 1 rings (SSSR count). The van der Waals surface area contributed by atoms with Crippen molar-refractivity contribution in [2.24, 2.45) is 0 Å². The third-order valence-corrected chi connectivity index (χ3v) is 3.56. The van der Waals surface area contributed by atoms with E-state index in [0.717, 1.165) is 35.9 Å². The number of hydrogen-bond donors (Lipinski definition) is 2. The molecule has 0 atom stereocenters. The van der Waals surface area contributed by atoms with Gasteiger partial charge in [-0.25, -0.2) is 0 Å². The van der Waals surface area contributed by atoms with E-state index in [1.807, 2.05) is 43.8 Å². The Hall–Kier alpha value is -1.14. The third-order valence-electron chi connectivity index (χ3n) is 2.61. The van der Waals surface area contributed by atoms with Crippen LogP contribution >= 0.6 is 24.0 Å². The minimum Gasteiger partial charge on any atom is -0.490 e. The van der Waals surface area contributed by atoms with Crippen molar-refractivity contribution >= 4 is 34.8 Å². The Morgan fingerprint density at radius 1 is 1.19 bits per heavy atom. The lowest BCUT2D eigenvalue weighted by Crippen LogP contribution is -2.29. The van der Waals surface area contributed by atoms with E-state index >= 15 is 0 Å². The van der Waals surface area contributed by atoms with Gasteiger partial charge in [-0.15, -0.1) is 0 Å². The predicted molar refractivity (Wildman–Crippen MR) is 96.0 cm³/mol. The molecule has 1 aromatic carbocycles. The molecule has 0 unspecified atom stereocenters. The smallest absolute Gasteiger partial charge is 0.170 e. The molecule has 0 saturated heterocycles. The van der Waals surface area contributed by atoms with E-state index in [2.05, 4.69) is 16.9 Å². The number of thioether (sulfide) groups is 1. The second-order valence-electron chi connectivity index (χ2n) is 4.25. The molecule has 0 amide bonds. The van der Waals surface area contributed by atoms with Crippen molar-refractivity contribution in [3.8, 4) is 11.5 Å². The van der Waals surface area contributed by atoms with Crippen molar-refractivity contribution in [2.75, 3.05) is 37.1 Å². The zero-order chi connectivity index (χ0) is 15.5. The van der Waals surface area contributed by atoms with E-state index in [1.54, 1.807) is 0 Å². The molecule has 0 aromatic heterocycles. The Kier molecular flexibility index (Phi) is 9.01.